The van der Waals surface area contributed by atoms with Crippen LogP contribution in [0.4, 0.5) is 0 Å². The molecule has 0 N–H and O–H groups in total. The van der Waals surface area contributed by atoms with E-state index in [0.717, 1.165) is 24.9 Å². The van der Waals surface area contributed by atoms with Gasteiger partial charge in [0.25, 0.3) is 0 Å². The highest BCUT2D eigenvalue weighted by atomic mass is 32.1. The van der Waals surface area contributed by atoms with Gasteiger partial charge in [-0.05, 0) is 49.3 Å². The Balaban J connectivity index is 1.63. The molecule has 3 rings (SSSR count). The average molecular weight is 338 g/mol. The second-order valence-corrected chi connectivity index (χ2v) is 7.68. The Morgan fingerprint density at radius 3 is 3.13 bits per heavy atom. The van der Waals surface area contributed by atoms with E-state index >= 15 is 0 Å². The molecule has 0 bridgehead atoms. The normalized spacial score (nSPS) is 28.5. The maximum absolute atomic E-state index is 12.6. The summed E-state index contributed by atoms with van der Waals surface area (Å²) >= 11 is 1.63. The molecule has 0 radical (unpaired) electrons. The van der Waals surface area contributed by atoms with Crippen molar-refractivity contribution in [1.29, 1.82) is 0 Å². The van der Waals surface area contributed by atoms with Gasteiger partial charge in [-0.25, -0.2) is 0 Å². The number of carbonyl (C=O) groups is 1. The fraction of sp³-hybridized carbons (Fsp3) is 0.706. The first-order valence-corrected chi connectivity index (χ1v) is 9.20. The van der Waals surface area contributed by atoms with Gasteiger partial charge in [-0.3, -0.25) is 4.79 Å². The van der Waals surface area contributed by atoms with E-state index < -0.39 is 0 Å². The molecule has 0 aromatic carbocycles. The molecular formula is C17H26N2O3S. The Bertz CT molecular complexity index is 520. The molecule has 128 valence electrons. The molecule has 2 aliphatic rings. The van der Waals surface area contributed by atoms with Crippen LogP contribution in [0, 0.1) is 0 Å². The quantitative estimate of drug-likeness (QED) is 0.837. The Hall–Kier alpha value is -0.950. The van der Waals surface area contributed by atoms with E-state index in [2.05, 4.69) is 19.0 Å². The van der Waals surface area contributed by atoms with Crippen molar-refractivity contribution >= 4 is 17.2 Å². The maximum atomic E-state index is 12.6. The molecule has 2 aliphatic heterocycles. The first-order valence-electron chi connectivity index (χ1n) is 8.25. The lowest BCUT2D eigenvalue weighted by molar-refractivity contribution is -0.135. The van der Waals surface area contributed by atoms with Crippen molar-refractivity contribution in [3.05, 3.63) is 22.4 Å². The summed E-state index contributed by atoms with van der Waals surface area (Å²) in [7, 11) is 4.13. The van der Waals surface area contributed by atoms with Gasteiger partial charge in [0.1, 0.15) is 5.60 Å². The zero-order chi connectivity index (χ0) is 16.3. The van der Waals surface area contributed by atoms with Crippen molar-refractivity contribution < 1.29 is 14.3 Å². The smallest absolute Gasteiger partial charge is 0.227 e. The van der Waals surface area contributed by atoms with E-state index in [1.165, 1.54) is 0 Å². The Morgan fingerprint density at radius 2 is 2.39 bits per heavy atom. The van der Waals surface area contributed by atoms with Crippen molar-refractivity contribution in [2.75, 3.05) is 46.9 Å². The predicted molar refractivity (Wildman–Crippen MR) is 90.8 cm³/mol. The number of hydrogen-bond donors (Lipinski definition) is 0. The number of carbonyl (C=O) groups excluding carboxylic acids is 1. The van der Waals surface area contributed by atoms with Crippen molar-refractivity contribution in [2.45, 2.75) is 31.0 Å². The number of thiophene rings is 1. The zero-order valence-corrected chi connectivity index (χ0v) is 14.8. The van der Waals surface area contributed by atoms with E-state index in [4.69, 9.17) is 9.47 Å². The van der Waals surface area contributed by atoms with Crippen LogP contribution < -0.4 is 0 Å². The van der Waals surface area contributed by atoms with Gasteiger partial charge >= 0.3 is 0 Å². The van der Waals surface area contributed by atoms with Crippen LogP contribution in [-0.2, 0) is 20.7 Å². The standard InChI is InChI=1S/C17H26N2O3S/c1-18(2)10-15-3-5-17(22-15)12-19(6-7-21-13-17)16(20)9-14-4-8-23-11-14/h4,8,11,15H,3,5-7,9-10,12-13H2,1-2H3/t15-,17+/m0/s1. The molecule has 1 aromatic heterocycles. The van der Waals surface area contributed by atoms with Gasteiger partial charge in [-0.2, -0.15) is 11.3 Å². The summed E-state index contributed by atoms with van der Waals surface area (Å²) in [6.45, 7) is 3.43. The summed E-state index contributed by atoms with van der Waals surface area (Å²) < 4.78 is 12.1. The summed E-state index contributed by atoms with van der Waals surface area (Å²) in [4.78, 5) is 16.7. The number of hydrogen-bond acceptors (Lipinski definition) is 5. The third kappa shape index (κ3) is 4.32. The van der Waals surface area contributed by atoms with Gasteiger partial charge in [0.05, 0.1) is 32.3 Å². The maximum Gasteiger partial charge on any atom is 0.227 e. The van der Waals surface area contributed by atoms with Crippen LogP contribution in [0.5, 0.6) is 0 Å². The van der Waals surface area contributed by atoms with Crippen molar-refractivity contribution in [2.24, 2.45) is 0 Å². The lowest BCUT2D eigenvalue weighted by atomic mass is 9.99. The molecular weight excluding hydrogens is 312 g/mol. The minimum absolute atomic E-state index is 0.174. The van der Waals surface area contributed by atoms with Crippen LogP contribution in [0.15, 0.2) is 16.8 Å². The third-order valence-electron chi connectivity index (χ3n) is 4.55. The number of rotatable bonds is 4. The monoisotopic (exact) mass is 338 g/mol. The molecule has 1 aromatic rings. The van der Waals surface area contributed by atoms with Gasteiger partial charge in [-0.1, -0.05) is 0 Å². The second kappa shape index (κ2) is 7.30. The summed E-state index contributed by atoms with van der Waals surface area (Å²) in [5.74, 6) is 0.174. The summed E-state index contributed by atoms with van der Waals surface area (Å²) in [5, 5.41) is 4.06. The number of nitrogens with zero attached hydrogens (tertiary/aromatic N) is 2. The number of amides is 1. The van der Waals surface area contributed by atoms with E-state index in [9.17, 15) is 4.79 Å². The lowest BCUT2D eigenvalue weighted by Gasteiger charge is -2.32. The number of likely N-dealkylation sites (N-methyl/N-ethyl adjacent to an activating group) is 1. The summed E-state index contributed by atoms with van der Waals surface area (Å²) in [6, 6.07) is 2.02. The molecule has 6 heteroatoms. The molecule has 1 amide bonds. The molecule has 2 atom stereocenters. The molecule has 0 aliphatic carbocycles. The molecule has 5 nitrogen and oxygen atoms in total. The molecule has 23 heavy (non-hydrogen) atoms. The average Bonchev–Trinajstić information content (AvgIpc) is 3.07. The molecule has 0 unspecified atom stereocenters. The van der Waals surface area contributed by atoms with Gasteiger partial charge < -0.3 is 19.3 Å². The van der Waals surface area contributed by atoms with E-state index in [1.807, 2.05) is 21.7 Å². The minimum Gasteiger partial charge on any atom is -0.377 e. The van der Waals surface area contributed by atoms with Crippen LogP contribution in [0.3, 0.4) is 0 Å². The first kappa shape index (κ1) is 16.9. The highest BCUT2D eigenvalue weighted by molar-refractivity contribution is 7.07. The minimum atomic E-state index is -0.318. The Morgan fingerprint density at radius 1 is 1.52 bits per heavy atom. The van der Waals surface area contributed by atoms with Crippen LogP contribution in [0.25, 0.3) is 0 Å². The van der Waals surface area contributed by atoms with Crippen LogP contribution in [0.2, 0.25) is 0 Å². The fourth-order valence-corrected chi connectivity index (χ4v) is 4.12. The molecule has 0 saturated carbocycles. The molecule has 2 saturated heterocycles. The lowest BCUT2D eigenvalue weighted by Crippen LogP contribution is -2.47. The number of ether oxygens (including phenoxy) is 2. The largest absolute Gasteiger partial charge is 0.377 e. The van der Waals surface area contributed by atoms with Crippen LogP contribution in [-0.4, -0.2) is 74.4 Å². The molecule has 3 heterocycles. The molecule has 1 spiro atoms. The van der Waals surface area contributed by atoms with Crippen molar-refractivity contribution in [3.63, 3.8) is 0 Å². The highest BCUT2D eigenvalue weighted by Crippen LogP contribution is 2.33. The van der Waals surface area contributed by atoms with Crippen molar-refractivity contribution in [1.82, 2.24) is 9.80 Å². The van der Waals surface area contributed by atoms with E-state index in [1.54, 1.807) is 11.3 Å². The topological polar surface area (TPSA) is 42.0 Å². The van der Waals surface area contributed by atoms with Crippen molar-refractivity contribution in [3.8, 4) is 0 Å². The van der Waals surface area contributed by atoms with Gasteiger partial charge in [0.15, 0.2) is 0 Å². The van der Waals surface area contributed by atoms with Crippen LogP contribution in [0.1, 0.15) is 18.4 Å². The Labute approximate surface area is 142 Å². The Kier molecular flexibility index (Phi) is 5.36. The second-order valence-electron chi connectivity index (χ2n) is 6.90. The van der Waals surface area contributed by atoms with Gasteiger partial charge in [-0.15, -0.1) is 0 Å². The third-order valence-corrected chi connectivity index (χ3v) is 5.28. The predicted octanol–water partition coefficient (Wildman–Crippen LogP) is 1.63. The molecule has 2 fully saturated rings. The van der Waals surface area contributed by atoms with Gasteiger partial charge in [0.2, 0.25) is 5.91 Å². The first-order chi connectivity index (χ1) is 11.1. The SMILES string of the molecule is CN(C)C[C@@H]1CC[C@@]2(COCCN(C(=O)Cc3ccsc3)C2)O1. The fourth-order valence-electron chi connectivity index (χ4n) is 3.45. The summed E-state index contributed by atoms with van der Waals surface area (Å²) in [5.41, 5.74) is 0.777. The van der Waals surface area contributed by atoms with Gasteiger partial charge in [0, 0.05) is 13.1 Å². The summed E-state index contributed by atoms with van der Waals surface area (Å²) in [6.07, 6.45) is 2.71. The van der Waals surface area contributed by atoms with E-state index in [-0.39, 0.29) is 17.6 Å². The van der Waals surface area contributed by atoms with Crippen LogP contribution >= 0.6 is 11.3 Å². The highest BCUT2D eigenvalue weighted by Gasteiger charge is 2.43. The van der Waals surface area contributed by atoms with E-state index in [0.29, 0.717) is 32.7 Å². The zero-order valence-electron chi connectivity index (χ0n) is 14.0.